The van der Waals surface area contributed by atoms with Crippen LogP contribution in [0.4, 0.5) is 10.9 Å². The zero-order valence-corrected chi connectivity index (χ0v) is 17.7. The van der Waals surface area contributed by atoms with E-state index in [9.17, 15) is 4.79 Å². The van der Waals surface area contributed by atoms with Gasteiger partial charge in [0.1, 0.15) is 12.1 Å². The first-order valence-corrected chi connectivity index (χ1v) is 10.8. The molecule has 1 unspecified atom stereocenters. The van der Waals surface area contributed by atoms with E-state index in [4.69, 9.17) is 0 Å². The molecule has 0 spiro atoms. The van der Waals surface area contributed by atoms with E-state index < -0.39 is 0 Å². The lowest BCUT2D eigenvalue weighted by atomic mass is 9.93. The van der Waals surface area contributed by atoms with E-state index in [1.165, 1.54) is 0 Å². The summed E-state index contributed by atoms with van der Waals surface area (Å²) in [5, 5.41) is 4.07. The van der Waals surface area contributed by atoms with Gasteiger partial charge in [0.05, 0.1) is 0 Å². The third-order valence-electron chi connectivity index (χ3n) is 5.01. The number of likely N-dealkylation sites (tertiary alicyclic amines) is 1. The van der Waals surface area contributed by atoms with Crippen LogP contribution in [-0.4, -0.2) is 43.8 Å². The number of piperidine rings is 1. The summed E-state index contributed by atoms with van der Waals surface area (Å²) in [5.74, 6) is 1.18. The van der Waals surface area contributed by atoms with Crippen molar-refractivity contribution in [1.82, 2.24) is 24.8 Å². The van der Waals surface area contributed by atoms with Gasteiger partial charge in [-0.2, -0.15) is 0 Å². The Morgan fingerprint density at radius 3 is 3.07 bits per heavy atom. The Kier molecular flexibility index (Phi) is 6.44. The molecule has 3 aromatic rings. The Labute approximate surface area is 179 Å². The van der Waals surface area contributed by atoms with Gasteiger partial charge in [-0.1, -0.05) is 6.07 Å². The van der Waals surface area contributed by atoms with Gasteiger partial charge in [0.15, 0.2) is 5.13 Å². The van der Waals surface area contributed by atoms with Gasteiger partial charge >= 0.3 is 0 Å². The van der Waals surface area contributed by atoms with Crippen LogP contribution in [0.15, 0.2) is 49.2 Å². The molecule has 1 aliphatic heterocycles. The maximum Gasteiger partial charge on any atom is 0.246 e. The molecule has 1 fully saturated rings. The molecule has 0 saturated carbocycles. The van der Waals surface area contributed by atoms with Crippen LogP contribution in [0.2, 0.25) is 0 Å². The minimum absolute atomic E-state index is 0.0488. The quantitative estimate of drug-likeness (QED) is 0.610. The maximum absolute atomic E-state index is 12.6. The Morgan fingerprint density at radius 1 is 1.33 bits per heavy atom. The molecule has 1 amide bonds. The van der Waals surface area contributed by atoms with Crippen LogP contribution in [0, 0.1) is 12.8 Å². The second kappa shape index (κ2) is 9.58. The van der Waals surface area contributed by atoms with Crippen LogP contribution in [0.25, 0.3) is 6.08 Å². The van der Waals surface area contributed by atoms with Gasteiger partial charge in [0.25, 0.3) is 0 Å². The summed E-state index contributed by atoms with van der Waals surface area (Å²) in [6.07, 6.45) is 13.3. The van der Waals surface area contributed by atoms with Gasteiger partial charge in [-0.05, 0) is 49.8 Å². The average Bonchev–Trinajstić information content (AvgIpc) is 3.17. The van der Waals surface area contributed by atoms with E-state index >= 15 is 0 Å². The summed E-state index contributed by atoms with van der Waals surface area (Å²) in [5.41, 5.74) is 1.90. The minimum atomic E-state index is 0.0488. The number of nitrogens with one attached hydrogen (secondary N) is 1. The van der Waals surface area contributed by atoms with Gasteiger partial charge in [-0.25, -0.2) is 15.0 Å². The van der Waals surface area contributed by atoms with Gasteiger partial charge < -0.3 is 10.2 Å². The number of pyridine rings is 1. The van der Waals surface area contributed by atoms with Crippen molar-refractivity contribution in [3.8, 4) is 0 Å². The predicted octanol–water partition coefficient (Wildman–Crippen LogP) is 3.87. The highest BCUT2D eigenvalue weighted by Gasteiger charge is 2.23. The molecule has 0 radical (unpaired) electrons. The molecular formula is C22H24N6OS. The number of rotatable bonds is 6. The number of carbonyl (C=O) groups excluding carboxylic acids is 1. The molecule has 154 valence electrons. The number of carbonyl (C=O) groups is 1. The topological polar surface area (TPSA) is 83.9 Å². The van der Waals surface area contributed by atoms with Gasteiger partial charge in [-0.15, -0.1) is 11.3 Å². The standard InChI is InChI=1S/C22H24N6OS/c1-16-12-24-22(30-16)27-20-11-19(25-15-26-20)10-18-5-3-9-28(14-18)21(29)7-6-17-4-2-8-23-13-17/h2,4,6-8,11-13,15,18H,3,5,9-10,14H2,1H3,(H,24,25,26,27)/b7-6+. The lowest BCUT2D eigenvalue weighted by Crippen LogP contribution is -2.39. The van der Waals surface area contributed by atoms with E-state index in [1.54, 1.807) is 36.1 Å². The first kappa shape index (κ1) is 20.2. The lowest BCUT2D eigenvalue weighted by Gasteiger charge is -2.32. The van der Waals surface area contributed by atoms with Crippen molar-refractivity contribution in [3.63, 3.8) is 0 Å². The van der Waals surface area contributed by atoms with Gasteiger partial charge in [-0.3, -0.25) is 9.78 Å². The normalized spacial score (nSPS) is 16.7. The fraction of sp³-hybridized carbons (Fsp3) is 0.318. The molecule has 0 aromatic carbocycles. The molecular weight excluding hydrogens is 396 g/mol. The third-order valence-corrected chi connectivity index (χ3v) is 5.84. The molecule has 1 N–H and O–H groups in total. The Bertz CT molecular complexity index is 1020. The third kappa shape index (κ3) is 5.48. The molecule has 4 heterocycles. The van der Waals surface area contributed by atoms with Crippen LogP contribution in [0.1, 0.15) is 29.0 Å². The summed E-state index contributed by atoms with van der Waals surface area (Å²) in [7, 11) is 0. The van der Waals surface area contributed by atoms with Crippen molar-refractivity contribution in [2.45, 2.75) is 26.2 Å². The van der Waals surface area contributed by atoms with Crippen molar-refractivity contribution in [1.29, 1.82) is 0 Å². The van der Waals surface area contributed by atoms with Crippen LogP contribution >= 0.6 is 11.3 Å². The van der Waals surface area contributed by atoms with E-state index in [0.29, 0.717) is 5.92 Å². The second-order valence-corrected chi connectivity index (χ2v) is 8.65. The molecule has 8 heteroatoms. The van der Waals surface area contributed by atoms with Crippen LogP contribution in [0.5, 0.6) is 0 Å². The lowest BCUT2D eigenvalue weighted by molar-refractivity contribution is -0.127. The summed E-state index contributed by atoms with van der Waals surface area (Å²) in [6, 6.07) is 5.77. The molecule has 1 saturated heterocycles. The fourth-order valence-corrected chi connectivity index (χ4v) is 4.25. The molecule has 0 bridgehead atoms. The Morgan fingerprint density at radius 2 is 2.27 bits per heavy atom. The minimum Gasteiger partial charge on any atom is -0.339 e. The summed E-state index contributed by atoms with van der Waals surface area (Å²) in [4.78, 5) is 32.8. The highest BCUT2D eigenvalue weighted by Crippen LogP contribution is 2.23. The van der Waals surface area contributed by atoms with Crippen molar-refractivity contribution < 1.29 is 4.79 Å². The number of nitrogens with zero attached hydrogens (tertiary/aromatic N) is 5. The first-order chi connectivity index (χ1) is 14.7. The monoisotopic (exact) mass is 420 g/mol. The van der Waals surface area contributed by atoms with Gasteiger partial charge in [0, 0.05) is 54.4 Å². The average molecular weight is 421 g/mol. The Hall–Kier alpha value is -3.13. The first-order valence-electron chi connectivity index (χ1n) is 10.0. The van der Waals surface area contributed by atoms with E-state index in [-0.39, 0.29) is 5.91 Å². The predicted molar refractivity (Wildman–Crippen MR) is 118 cm³/mol. The van der Waals surface area contributed by atoms with Gasteiger partial charge in [0.2, 0.25) is 5.91 Å². The number of hydrogen-bond donors (Lipinski definition) is 1. The number of hydrogen-bond acceptors (Lipinski definition) is 7. The van der Waals surface area contributed by atoms with Crippen LogP contribution in [-0.2, 0) is 11.2 Å². The molecule has 30 heavy (non-hydrogen) atoms. The summed E-state index contributed by atoms with van der Waals surface area (Å²) in [6.45, 7) is 3.57. The zero-order valence-electron chi connectivity index (χ0n) is 16.9. The van der Waals surface area contributed by atoms with Crippen molar-refractivity contribution in [2.24, 2.45) is 5.92 Å². The molecule has 1 aliphatic rings. The summed E-state index contributed by atoms with van der Waals surface area (Å²) < 4.78 is 0. The van der Waals surface area contributed by atoms with Crippen molar-refractivity contribution in [3.05, 3.63) is 65.3 Å². The molecule has 1 atom stereocenters. The number of thiazole rings is 1. The van der Waals surface area contributed by atoms with Crippen LogP contribution < -0.4 is 5.32 Å². The van der Waals surface area contributed by atoms with E-state index in [2.05, 4.69) is 25.3 Å². The summed E-state index contributed by atoms with van der Waals surface area (Å²) >= 11 is 1.59. The van der Waals surface area contributed by atoms with E-state index in [0.717, 1.165) is 59.4 Å². The second-order valence-electron chi connectivity index (χ2n) is 7.41. The Balaban J connectivity index is 1.35. The smallest absolute Gasteiger partial charge is 0.246 e. The fourth-order valence-electron chi connectivity index (χ4n) is 3.57. The number of amides is 1. The van der Waals surface area contributed by atoms with Crippen LogP contribution in [0.3, 0.4) is 0 Å². The number of anilines is 2. The number of aromatic nitrogens is 4. The molecule has 7 nitrogen and oxygen atoms in total. The van der Waals surface area contributed by atoms with Crippen molar-refractivity contribution >= 4 is 34.3 Å². The number of aryl methyl sites for hydroxylation is 1. The zero-order chi connectivity index (χ0) is 20.8. The SMILES string of the molecule is Cc1cnc(Nc2cc(CC3CCCN(C(=O)/C=C/c4cccnc4)C3)ncn2)s1. The molecule has 3 aromatic heterocycles. The highest BCUT2D eigenvalue weighted by atomic mass is 32.1. The largest absolute Gasteiger partial charge is 0.339 e. The molecule has 0 aliphatic carbocycles. The highest BCUT2D eigenvalue weighted by molar-refractivity contribution is 7.15. The van der Waals surface area contributed by atoms with Crippen molar-refractivity contribution in [2.75, 3.05) is 18.4 Å². The molecule has 4 rings (SSSR count). The maximum atomic E-state index is 12.6. The van der Waals surface area contributed by atoms with E-state index in [1.807, 2.05) is 42.3 Å².